The Bertz CT molecular complexity index is 1280. The van der Waals surface area contributed by atoms with Crippen LogP contribution in [0.4, 0.5) is 0 Å². The number of rotatable bonds is 7. The Morgan fingerprint density at radius 1 is 1.02 bits per heavy atom. The van der Waals surface area contributed by atoms with E-state index in [1.807, 2.05) is 0 Å². The maximum absolute atomic E-state index is 13.1. The van der Waals surface area contributed by atoms with Crippen LogP contribution in [0.15, 0.2) is 23.8 Å². The Morgan fingerprint density at radius 2 is 1.64 bits per heavy atom. The van der Waals surface area contributed by atoms with Gasteiger partial charge in [0.15, 0.2) is 11.7 Å². The van der Waals surface area contributed by atoms with Crippen molar-refractivity contribution in [3.8, 4) is 0 Å². The lowest BCUT2D eigenvalue weighted by molar-refractivity contribution is -0.274. The van der Waals surface area contributed by atoms with E-state index in [-0.39, 0.29) is 31.1 Å². The summed E-state index contributed by atoms with van der Waals surface area (Å²) in [5.74, 6) is -6.74. The van der Waals surface area contributed by atoms with Gasteiger partial charge >= 0.3 is 29.8 Å². The lowest BCUT2D eigenvalue weighted by Crippen LogP contribution is -2.75. The summed E-state index contributed by atoms with van der Waals surface area (Å²) in [5.41, 5.74) is -5.66. The normalized spacial score (nSPS) is 40.4. The van der Waals surface area contributed by atoms with Crippen molar-refractivity contribution in [3.05, 3.63) is 23.8 Å². The largest absolute Gasteiger partial charge is 0.461 e. The first-order chi connectivity index (χ1) is 20.9. The molecule has 2 saturated heterocycles. The van der Waals surface area contributed by atoms with Crippen LogP contribution in [0.1, 0.15) is 54.9 Å². The topological polar surface area (TPSA) is 205 Å². The highest BCUT2D eigenvalue weighted by atomic mass is 16.6. The Hall–Kier alpha value is -3.33. The van der Waals surface area contributed by atoms with E-state index in [0.717, 1.165) is 13.8 Å². The van der Waals surface area contributed by atoms with Crippen LogP contribution in [0.25, 0.3) is 0 Å². The van der Waals surface area contributed by atoms with Gasteiger partial charge in [-0.3, -0.25) is 24.0 Å². The molecule has 4 aliphatic rings. The number of fused-ring (bicyclic) bond motifs is 3. The molecule has 4 rings (SSSR count). The molecule has 3 N–H and O–H groups in total. The highest BCUT2D eigenvalue weighted by Crippen LogP contribution is 2.62. The molecule has 2 aliphatic carbocycles. The zero-order valence-electron chi connectivity index (χ0n) is 26.4. The number of hydrogen-bond donors (Lipinski definition) is 3. The van der Waals surface area contributed by atoms with Crippen LogP contribution >= 0.6 is 0 Å². The number of aliphatic hydroxyl groups is 3. The Balaban J connectivity index is 2.06. The van der Waals surface area contributed by atoms with Crippen LogP contribution in [-0.4, -0.2) is 106 Å². The minimum absolute atomic E-state index is 0.0657. The Labute approximate surface area is 260 Å². The van der Waals surface area contributed by atoms with Crippen molar-refractivity contribution in [3.63, 3.8) is 0 Å². The van der Waals surface area contributed by atoms with E-state index in [2.05, 4.69) is 0 Å². The number of epoxide rings is 1. The third-order valence-corrected chi connectivity index (χ3v) is 9.25. The van der Waals surface area contributed by atoms with Gasteiger partial charge in [0.1, 0.15) is 42.7 Å². The summed E-state index contributed by atoms with van der Waals surface area (Å²) in [6.45, 7) is 9.28. The van der Waals surface area contributed by atoms with Crippen LogP contribution in [-0.2, 0) is 52.4 Å². The van der Waals surface area contributed by atoms with Gasteiger partial charge in [-0.15, -0.1) is 0 Å². The first kappa shape index (κ1) is 34.5. The third kappa shape index (κ3) is 6.12. The van der Waals surface area contributed by atoms with Crippen molar-refractivity contribution in [2.24, 2.45) is 23.2 Å². The fourth-order valence-electron chi connectivity index (χ4n) is 7.02. The quantitative estimate of drug-likeness (QED) is 0.195. The SMILES string of the molecule is CC(=O)OCC1=CC2OC(=O)C(C)C2(O)C(OC(C)=O)C2C3(CO3)C(O)C(O)C(OC(=O)CC(C)C)C2(C)C(OC(C)=O)C=C1. The van der Waals surface area contributed by atoms with Gasteiger partial charge in [0, 0.05) is 33.1 Å². The minimum atomic E-state index is -2.35. The zero-order valence-corrected chi connectivity index (χ0v) is 26.4. The first-order valence-electron chi connectivity index (χ1n) is 14.9. The van der Waals surface area contributed by atoms with Gasteiger partial charge in [0.2, 0.25) is 0 Å². The molecule has 14 nitrogen and oxygen atoms in total. The van der Waals surface area contributed by atoms with Crippen LogP contribution in [0.2, 0.25) is 0 Å². The van der Waals surface area contributed by atoms with Crippen LogP contribution in [0.3, 0.4) is 0 Å². The third-order valence-electron chi connectivity index (χ3n) is 9.25. The molecule has 1 saturated carbocycles. The molecule has 2 heterocycles. The van der Waals surface area contributed by atoms with Gasteiger partial charge in [-0.25, -0.2) is 0 Å². The maximum Gasteiger partial charge on any atom is 0.312 e. The van der Waals surface area contributed by atoms with E-state index in [0.29, 0.717) is 0 Å². The van der Waals surface area contributed by atoms with Gasteiger partial charge in [-0.05, 0) is 30.6 Å². The summed E-state index contributed by atoms with van der Waals surface area (Å²) in [5, 5.41) is 35.7. The van der Waals surface area contributed by atoms with Crippen LogP contribution in [0.5, 0.6) is 0 Å². The summed E-state index contributed by atoms with van der Waals surface area (Å²) in [7, 11) is 0. The molecule has 0 radical (unpaired) electrons. The monoisotopic (exact) mass is 638 g/mol. The van der Waals surface area contributed by atoms with Crippen molar-refractivity contribution in [1.82, 2.24) is 0 Å². The molecular weight excluding hydrogens is 596 g/mol. The summed E-state index contributed by atoms with van der Waals surface area (Å²) in [6.07, 6.45) is -5.67. The summed E-state index contributed by atoms with van der Waals surface area (Å²) in [6, 6.07) is 0. The molecule has 1 spiro atoms. The molecule has 0 amide bonds. The smallest absolute Gasteiger partial charge is 0.312 e. The lowest BCUT2D eigenvalue weighted by atomic mass is 9.51. The molecule has 14 heteroatoms. The number of hydrogen-bond acceptors (Lipinski definition) is 14. The Morgan fingerprint density at radius 3 is 2.18 bits per heavy atom. The first-order valence-corrected chi connectivity index (χ1v) is 14.9. The predicted molar refractivity (Wildman–Crippen MR) is 151 cm³/mol. The second kappa shape index (κ2) is 12.5. The van der Waals surface area contributed by atoms with E-state index >= 15 is 0 Å². The number of aliphatic hydroxyl groups excluding tert-OH is 2. The van der Waals surface area contributed by atoms with Crippen molar-refractivity contribution in [1.29, 1.82) is 0 Å². The van der Waals surface area contributed by atoms with Crippen LogP contribution < -0.4 is 0 Å². The highest BCUT2D eigenvalue weighted by Gasteiger charge is 2.79. The van der Waals surface area contributed by atoms with E-state index < -0.39 is 94.9 Å². The van der Waals surface area contributed by atoms with E-state index in [9.17, 15) is 39.3 Å². The molecule has 0 aromatic heterocycles. The van der Waals surface area contributed by atoms with Gasteiger partial charge < -0.3 is 43.7 Å². The molecular formula is C31H42O14. The van der Waals surface area contributed by atoms with Crippen molar-refractivity contribution >= 4 is 29.8 Å². The van der Waals surface area contributed by atoms with Crippen molar-refractivity contribution in [2.75, 3.05) is 13.2 Å². The minimum Gasteiger partial charge on any atom is -0.461 e. The summed E-state index contributed by atoms with van der Waals surface area (Å²) in [4.78, 5) is 63.3. The van der Waals surface area contributed by atoms with Gasteiger partial charge in [0.05, 0.1) is 17.9 Å². The van der Waals surface area contributed by atoms with Crippen molar-refractivity contribution in [2.45, 2.75) is 103 Å². The van der Waals surface area contributed by atoms with Gasteiger partial charge in [-0.1, -0.05) is 26.8 Å². The second-order valence-electron chi connectivity index (χ2n) is 12.9. The van der Waals surface area contributed by atoms with Crippen LogP contribution in [0, 0.1) is 23.2 Å². The molecule has 11 atom stereocenters. The zero-order chi connectivity index (χ0) is 33.6. The second-order valence-corrected chi connectivity index (χ2v) is 12.9. The molecule has 11 unspecified atom stereocenters. The average molecular weight is 639 g/mol. The summed E-state index contributed by atoms with van der Waals surface area (Å²) < 4.78 is 34.1. The maximum atomic E-state index is 13.1. The number of carbonyl (C=O) groups is 5. The van der Waals surface area contributed by atoms with Gasteiger partial charge in [0.25, 0.3) is 0 Å². The molecule has 0 aromatic rings. The van der Waals surface area contributed by atoms with Crippen molar-refractivity contribution < 1.29 is 67.7 Å². The molecule has 2 aliphatic heterocycles. The van der Waals surface area contributed by atoms with E-state index in [1.165, 1.54) is 39.0 Å². The highest BCUT2D eigenvalue weighted by molar-refractivity contribution is 5.78. The summed E-state index contributed by atoms with van der Waals surface area (Å²) >= 11 is 0. The fourth-order valence-corrected chi connectivity index (χ4v) is 7.02. The number of esters is 5. The standard InChI is InChI=1S/C31H42O14/c1-14(2)10-22(35)45-26-23(36)25(37)30(13-41-30)24-27(43-18(6)34)31(39)15(3)28(38)44-21(31)11-19(12-40-16(4)32)8-9-20(29(24,26)7)42-17(5)33/h8-9,11,14-15,20-21,23-27,36-37,39H,10,12-13H2,1-7H3. The number of ether oxygens (including phenoxy) is 6. The molecule has 45 heavy (non-hydrogen) atoms. The molecule has 3 fully saturated rings. The molecule has 250 valence electrons. The number of carbonyl (C=O) groups excluding carboxylic acids is 5. The predicted octanol–water partition coefficient (Wildman–Crippen LogP) is 0.287. The van der Waals surface area contributed by atoms with E-state index in [1.54, 1.807) is 13.8 Å². The molecule has 0 aromatic carbocycles. The Kier molecular flexibility index (Phi) is 9.56. The molecule has 0 bridgehead atoms. The van der Waals surface area contributed by atoms with E-state index in [4.69, 9.17) is 28.4 Å². The van der Waals surface area contributed by atoms with Gasteiger partial charge in [-0.2, -0.15) is 0 Å². The average Bonchev–Trinajstić information content (AvgIpc) is 3.69. The fraction of sp³-hybridized carbons (Fsp3) is 0.710. The lowest BCUT2D eigenvalue weighted by Gasteiger charge is -2.58.